The van der Waals surface area contributed by atoms with Crippen molar-refractivity contribution in [3.8, 4) is 22.9 Å². The van der Waals surface area contributed by atoms with E-state index in [1.54, 1.807) is 30.3 Å². The number of anilines is 1. The van der Waals surface area contributed by atoms with E-state index in [0.717, 1.165) is 19.0 Å². The quantitative estimate of drug-likeness (QED) is 0.398. The van der Waals surface area contributed by atoms with Crippen LogP contribution in [0.4, 0.5) is 14.6 Å². The summed E-state index contributed by atoms with van der Waals surface area (Å²) in [6.07, 6.45) is 4.35. The van der Waals surface area contributed by atoms with Crippen LogP contribution in [0.3, 0.4) is 0 Å². The lowest BCUT2D eigenvalue weighted by Crippen LogP contribution is -2.33. The molecule has 34 heavy (non-hydrogen) atoms. The number of halogens is 2. The van der Waals surface area contributed by atoms with Crippen LogP contribution in [-0.2, 0) is 11.3 Å². The zero-order valence-corrected chi connectivity index (χ0v) is 17.9. The molecular formula is C23H20F2N6O3. The summed E-state index contributed by atoms with van der Waals surface area (Å²) in [6, 6.07) is 9.63. The van der Waals surface area contributed by atoms with Crippen LogP contribution in [-0.4, -0.2) is 49.1 Å². The van der Waals surface area contributed by atoms with Gasteiger partial charge in [0.25, 0.3) is 0 Å². The van der Waals surface area contributed by atoms with Gasteiger partial charge in [0, 0.05) is 18.2 Å². The van der Waals surface area contributed by atoms with Crippen LogP contribution >= 0.6 is 0 Å². The fourth-order valence-electron chi connectivity index (χ4n) is 3.69. The lowest BCUT2D eigenvalue weighted by molar-refractivity contribution is -0.135. The van der Waals surface area contributed by atoms with E-state index in [2.05, 4.69) is 20.2 Å². The molecule has 3 aromatic heterocycles. The molecule has 3 heterocycles. The van der Waals surface area contributed by atoms with Gasteiger partial charge in [0.15, 0.2) is 17.5 Å². The van der Waals surface area contributed by atoms with E-state index in [1.807, 2.05) is 0 Å². The van der Waals surface area contributed by atoms with Gasteiger partial charge in [-0.15, -0.1) is 0 Å². The number of aromatic nitrogens is 5. The molecule has 1 aromatic carbocycles. The molecule has 1 aliphatic rings. The number of hydrogen-bond acceptors (Lipinski definition) is 7. The normalized spacial score (nSPS) is 13.2. The molecule has 11 heteroatoms. The van der Waals surface area contributed by atoms with Crippen molar-refractivity contribution in [2.45, 2.75) is 19.4 Å². The molecule has 5 rings (SSSR count). The zero-order chi connectivity index (χ0) is 23.7. The first kappa shape index (κ1) is 21.7. The van der Waals surface area contributed by atoms with E-state index in [9.17, 15) is 18.7 Å². The highest BCUT2D eigenvalue weighted by Gasteiger charge is 2.28. The Kier molecular flexibility index (Phi) is 5.74. The maximum Gasteiger partial charge on any atom is 0.323 e. The molecule has 0 atom stereocenters. The molecule has 0 unspecified atom stereocenters. The van der Waals surface area contributed by atoms with Crippen LogP contribution in [0, 0.1) is 17.6 Å². The van der Waals surface area contributed by atoms with Gasteiger partial charge in [0.1, 0.15) is 30.0 Å². The van der Waals surface area contributed by atoms with Gasteiger partial charge in [-0.05, 0) is 30.9 Å². The maximum atomic E-state index is 14.6. The molecule has 1 N–H and O–H groups in total. The number of carboxylic acids is 1. The van der Waals surface area contributed by atoms with Crippen molar-refractivity contribution in [1.82, 2.24) is 24.9 Å². The number of rotatable bonds is 9. The van der Waals surface area contributed by atoms with Gasteiger partial charge in [-0.3, -0.25) is 9.48 Å². The number of carboxylic acid groups (broad SMARTS) is 1. The third-order valence-electron chi connectivity index (χ3n) is 5.51. The van der Waals surface area contributed by atoms with Crippen molar-refractivity contribution in [3.63, 3.8) is 0 Å². The molecule has 1 aliphatic carbocycles. The Morgan fingerprint density at radius 2 is 2.00 bits per heavy atom. The van der Waals surface area contributed by atoms with Gasteiger partial charge in [0.2, 0.25) is 0 Å². The minimum absolute atomic E-state index is 0.0917. The first-order chi connectivity index (χ1) is 16.5. The number of hydrogen-bond donors (Lipinski definition) is 1. The summed E-state index contributed by atoms with van der Waals surface area (Å²) >= 11 is 0. The molecule has 4 aromatic rings. The molecule has 9 nitrogen and oxygen atoms in total. The monoisotopic (exact) mass is 466 g/mol. The molecule has 0 bridgehead atoms. The third-order valence-corrected chi connectivity index (χ3v) is 5.51. The van der Waals surface area contributed by atoms with Crippen molar-refractivity contribution in [2.24, 2.45) is 5.92 Å². The molecule has 0 amide bonds. The van der Waals surface area contributed by atoms with Gasteiger partial charge in [-0.25, -0.2) is 18.7 Å². The van der Waals surface area contributed by atoms with Gasteiger partial charge >= 0.3 is 5.97 Å². The van der Waals surface area contributed by atoms with Gasteiger partial charge in [0.05, 0.1) is 18.4 Å². The van der Waals surface area contributed by atoms with Crippen molar-refractivity contribution < 1.29 is 23.2 Å². The van der Waals surface area contributed by atoms with E-state index in [-0.39, 0.29) is 30.5 Å². The average molecular weight is 466 g/mol. The minimum atomic E-state index is -1.08. The number of carbonyl (C=O) groups is 1. The number of nitrogens with zero attached hydrogens (tertiary/aromatic N) is 6. The zero-order valence-electron chi connectivity index (χ0n) is 17.9. The summed E-state index contributed by atoms with van der Waals surface area (Å²) in [5.74, 6) is -1.84. The topological polar surface area (TPSA) is 110 Å². The van der Waals surface area contributed by atoms with Crippen molar-refractivity contribution in [2.75, 3.05) is 18.0 Å². The molecule has 0 spiro atoms. The standard InChI is InChI=1S/C23H20F2N6O3/c24-16-4-2-1-3-15(16)12-31-20(18-7-8-34-29-18)9-19(28-31)22-26-10-17(25)23(27-22)30(13-21(32)33)11-14-5-6-14/h1-4,7-10,14H,5-6,11-13H2,(H,32,33). The first-order valence-electron chi connectivity index (χ1n) is 10.7. The Morgan fingerprint density at radius 3 is 2.71 bits per heavy atom. The number of benzene rings is 1. The predicted octanol–water partition coefficient (Wildman–Crippen LogP) is 3.62. The van der Waals surface area contributed by atoms with E-state index < -0.39 is 11.8 Å². The second-order valence-electron chi connectivity index (χ2n) is 8.13. The average Bonchev–Trinajstić information content (AvgIpc) is 3.29. The molecule has 174 valence electrons. The highest BCUT2D eigenvalue weighted by Crippen LogP contribution is 2.32. The van der Waals surface area contributed by atoms with E-state index in [4.69, 9.17) is 4.52 Å². The largest absolute Gasteiger partial charge is 0.480 e. The lowest BCUT2D eigenvalue weighted by atomic mass is 10.2. The lowest BCUT2D eigenvalue weighted by Gasteiger charge is -2.22. The van der Waals surface area contributed by atoms with E-state index >= 15 is 0 Å². The van der Waals surface area contributed by atoms with Crippen LogP contribution in [0.5, 0.6) is 0 Å². The van der Waals surface area contributed by atoms with Crippen molar-refractivity contribution in [1.29, 1.82) is 0 Å². The molecule has 1 fully saturated rings. The van der Waals surface area contributed by atoms with Crippen LogP contribution in [0.25, 0.3) is 22.9 Å². The van der Waals surface area contributed by atoms with Crippen molar-refractivity contribution in [3.05, 3.63) is 66.1 Å². The summed E-state index contributed by atoms with van der Waals surface area (Å²) < 4.78 is 35.4. The predicted molar refractivity (Wildman–Crippen MR) is 117 cm³/mol. The van der Waals surface area contributed by atoms with E-state index in [0.29, 0.717) is 35.1 Å². The van der Waals surface area contributed by atoms with Crippen LogP contribution in [0.15, 0.2) is 53.4 Å². The Bertz CT molecular complexity index is 1320. The highest BCUT2D eigenvalue weighted by atomic mass is 19.1. The first-order valence-corrected chi connectivity index (χ1v) is 10.7. The second-order valence-corrected chi connectivity index (χ2v) is 8.13. The van der Waals surface area contributed by atoms with Crippen LogP contribution in [0.1, 0.15) is 18.4 Å². The third kappa shape index (κ3) is 4.63. The van der Waals surface area contributed by atoms with Crippen LogP contribution in [0.2, 0.25) is 0 Å². The molecular weight excluding hydrogens is 446 g/mol. The highest BCUT2D eigenvalue weighted by molar-refractivity contribution is 5.73. The van der Waals surface area contributed by atoms with Gasteiger partial charge in [-0.2, -0.15) is 5.10 Å². The Balaban J connectivity index is 1.54. The maximum absolute atomic E-state index is 14.6. The fourth-order valence-corrected chi connectivity index (χ4v) is 3.69. The van der Waals surface area contributed by atoms with E-state index in [1.165, 1.54) is 21.9 Å². The molecule has 0 aliphatic heterocycles. The second kappa shape index (κ2) is 9.00. The summed E-state index contributed by atoms with van der Waals surface area (Å²) in [4.78, 5) is 21.2. The molecule has 0 saturated heterocycles. The summed E-state index contributed by atoms with van der Waals surface area (Å²) in [5, 5.41) is 17.8. The Labute approximate surface area is 192 Å². The van der Waals surface area contributed by atoms with Crippen LogP contribution < -0.4 is 4.90 Å². The number of aliphatic carboxylic acids is 1. The van der Waals surface area contributed by atoms with Crippen molar-refractivity contribution >= 4 is 11.8 Å². The molecule has 0 radical (unpaired) electrons. The summed E-state index contributed by atoms with van der Waals surface area (Å²) in [7, 11) is 0. The summed E-state index contributed by atoms with van der Waals surface area (Å²) in [6.45, 7) is 0.122. The van der Waals surface area contributed by atoms with Gasteiger partial charge in [-0.1, -0.05) is 23.4 Å². The SMILES string of the molecule is O=C(O)CN(CC1CC1)c1nc(-c2cc(-c3ccon3)n(Cc3ccccc3F)n2)ncc1F. The minimum Gasteiger partial charge on any atom is -0.480 e. The van der Waals surface area contributed by atoms with Gasteiger partial charge < -0.3 is 14.5 Å². The Morgan fingerprint density at radius 1 is 1.18 bits per heavy atom. The fraction of sp³-hybridized carbons (Fsp3) is 0.261. The molecule has 1 saturated carbocycles. The Hall–Kier alpha value is -4.15. The summed E-state index contributed by atoms with van der Waals surface area (Å²) in [5.41, 5.74) is 1.72. The smallest absolute Gasteiger partial charge is 0.323 e.